The van der Waals surface area contributed by atoms with Crippen molar-refractivity contribution in [3.8, 4) is 17.0 Å². The van der Waals surface area contributed by atoms with Gasteiger partial charge in [0, 0.05) is 17.3 Å². The van der Waals surface area contributed by atoms with Gasteiger partial charge in [0.2, 0.25) is 0 Å². The van der Waals surface area contributed by atoms with Gasteiger partial charge >= 0.3 is 0 Å². The first-order valence-corrected chi connectivity index (χ1v) is 8.04. The van der Waals surface area contributed by atoms with Crippen LogP contribution in [0.1, 0.15) is 31.4 Å². The molecule has 1 atom stereocenters. The molecule has 4 heteroatoms. The molecule has 2 aromatic rings. The first-order chi connectivity index (χ1) is 10.8. The number of hydrogen-bond acceptors (Lipinski definition) is 4. The van der Waals surface area contributed by atoms with Crippen molar-refractivity contribution in [2.24, 2.45) is 0 Å². The van der Waals surface area contributed by atoms with Gasteiger partial charge in [-0.1, -0.05) is 18.6 Å². The molecular weight excluding hydrogens is 274 g/mol. The molecule has 0 amide bonds. The summed E-state index contributed by atoms with van der Waals surface area (Å²) in [5, 5.41) is 3.59. The van der Waals surface area contributed by atoms with E-state index in [1.807, 2.05) is 18.2 Å². The minimum atomic E-state index is 0.643. The zero-order chi connectivity index (χ0) is 15.2. The van der Waals surface area contributed by atoms with Crippen molar-refractivity contribution >= 4 is 0 Å². The molecule has 1 saturated heterocycles. The molecule has 1 unspecified atom stereocenters. The standard InChI is InChI=1S/C18H23N3O/c1-22-17-7-4-5-14(11-17)18-12-16(20-13-21-18)9-8-15-6-2-3-10-19-15/h4-5,7,11-13,15,19H,2-3,6,8-10H2,1H3. The molecule has 0 spiro atoms. The molecule has 1 aromatic heterocycles. The summed E-state index contributed by atoms with van der Waals surface area (Å²) in [5.41, 5.74) is 3.14. The normalized spacial score (nSPS) is 18.1. The fraction of sp³-hybridized carbons (Fsp3) is 0.444. The third-order valence-electron chi connectivity index (χ3n) is 4.25. The minimum absolute atomic E-state index is 0.643. The third kappa shape index (κ3) is 3.83. The summed E-state index contributed by atoms with van der Waals surface area (Å²) in [6.45, 7) is 1.16. The van der Waals surface area contributed by atoms with E-state index >= 15 is 0 Å². The summed E-state index contributed by atoms with van der Waals surface area (Å²) in [7, 11) is 1.68. The lowest BCUT2D eigenvalue weighted by molar-refractivity contribution is 0.382. The number of methoxy groups -OCH3 is 1. The average Bonchev–Trinajstić information content (AvgIpc) is 2.61. The molecule has 0 radical (unpaired) electrons. The van der Waals surface area contributed by atoms with Gasteiger partial charge in [0.15, 0.2) is 0 Å². The van der Waals surface area contributed by atoms with Crippen LogP contribution < -0.4 is 10.1 Å². The summed E-state index contributed by atoms with van der Waals surface area (Å²) >= 11 is 0. The van der Waals surface area contributed by atoms with Crippen LogP contribution in [0.25, 0.3) is 11.3 Å². The fourth-order valence-corrected chi connectivity index (χ4v) is 2.97. The summed E-state index contributed by atoms with van der Waals surface area (Å²) < 4.78 is 5.28. The van der Waals surface area contributed by atoms with E-state index in [2.05, 4.69) is 27.4 Å². The van der Waals surface area contributed by atoms with Crippen LogP contribution in [-0.2, 0) is 6.42 Å². The maximum Gasteiger partial charge on any atom is 0.119 e. The topological polar surface area (TPSA) is 47.0 Å². The number of benzene rings is 1. The number of nitrogens with one attached hydrogen (secondary N) is 1. The largest absolute Gasteiger partial charge is 0.497 e. The lowest BCUT2D eigenvalue weighted by Crippen LogP contribution is -2.34. The van der Waals surface area contributed by atoms with Crippen LogP contribution in [0.4, 0.5) is 0 Å². The molecule has 4 nitrogen and oxygen atoms in total. The second-order valence-electron chi connectivity index (χ2n) is 5.81. The van der Waals surface area contributed by atoms with Crippen LogP contribution >= 0.6 is 0 Å². The minimum Gasteiger partial charge on any atom is -0.497 e. The average molecular weight is 297 g/mol. The predicted octanol–water partition coefficient (Wildman–Crippen LogP) is 3.23. The van der Waals surface area contributed by atoms with Crippen LogP contribution in [0.5, 0.6) is 5.75 Å². The number of aromatic nitrogens is 2. The van der Waals surface area contributed by atoms with Crippen molar-refractivity contribution in [2.45, 2.75) is 38.1 Å². The monoisotopic (exact) mass is 297 g/mol. The highest BCUT2D eigenvalue weighted by Crippen LogP contribution is 2.22. The maximum absolute atomic E-state index is 5.28. The van der Waals surface area contributed by atoms with Gasteiger partial charge in [0.05, 0.1) is 12.8 Å². The van der Waals surface area contributed by atoms with Crippen LogP contribution in [0.2, 0.25) is 0 Å². The van der Waals surface area contributed by atoms with Crippen LogP contribution in [0.3, 0.4) is 0 Å². The zero-order valence-corrected chi connectivity index (χ0v) is 13.1. The van der Waals surface area contributed by atoms with Crippen LogP contribution in [0.15, 0.2) is 36.7 Å². The smallest absolute Gasteiger partial charge is 0.119 e. The Bertz CT molecular complexity index is 609. The van der Waals surface area contributed by atoms with Gasteiger partial charge < -0.3 is 10.1 Å². The van der Waals surface area contributed by atoms with E-state index in [9.17, 15) is 0 Å². The first kappa shape index (κ1) is 15.0. The van der Waals surface area contributed by atoms with E-state index in [4.69, 9.17) is 4.74 Å². The fourth-order valence-electron chi connectivity index (χ4n) is 2.97. The molecule has 3 rings (SSSR count). The highest BCUT2D eigenvalue weighted by molar-refractivity contribution is 5.61. The number of piperidine rings is 1. The van der Waals surface area contributed by atoms with Crippen molar-refractivity contribution in [3.05, 3.63) is 42.4 Å². The molecule has 1 fully saturated rings. The molecule has 2 heterocycles. The number of aryl methyl sites for hydroxylation is 1. The first-order valence-electron chi connectivity index (χ1n) is 8.04. The van der Waals surface area contributed by atoms with Gasteiger partial charge in [-0.05, 0) is 50.4 Å². The summed E-state index contributed by atoms with van der Waals surface area (Å²) in [6.07, 6.45) is 7.75. The highest BCUT2D eigenvalue weighted by Gasteiger charge is 2.12. The lowest BCUT2D eigenvalue weighted by atomic mass is 9.99. The van der Waals surface area contributed by atoms with E-state index in [1.165, 1.54) is 19.3 Å². The zero-order valence-electron chi connectivity index (χ0n) is 13.1. The van der Waals surface area contributed by atoms with Gasteiger partial charge in [-0.25, -0.2) is 9.97 Å². The van der Waals surface area contributed by atoms with Crippen molar-refractivity contribution in [2.75, 3.05) is 13.7 Å². The van der Waals surface area contributed by atoms with E-state index < -0.39 is 0 Å². The lowest BCUT2D eigenvalue weighted by Gasteiger charge is -2.23. The van der Waals surface area contributed by atoms with Crippen LogP contribution in [-0.4, -0.2) is 29.7 Å². The second-order valence-corrected chi connectivity index (χ2v) is 5.81. The van der Waals surface area contributed by atoms with E-state index in [-0.39, 0.29) is 0 Å². The van der Waals surface area contributed by atoms with E-state index in [1.54, 1.807) is 13.4 Å². The van der Waals surface area contributed by atoms with Gasteiger partial charge in [0.1, 0.15) is 12.1 Å². The Kier molecular flexibility index (Phi) is 5.01. The molecule has 1 aromatic carbocycles. The Balaban J connectivity index is 1.68. The van der Waals surface area contributed by atoms with Gasteiger partial charge in [-0.2, -0.15) is 0 Å². The van der Waals surface area contributed by atoms with Crippen molar-refractivity contribution < 1.29 is 4.74 Å². The Hall–Kier alpha value is -1.94. The molecule has 1 N–H and O–H groups in total. The number of rotatable bonds is 5. The Morgan fingerprint density at radius 1 is 1.23 bits per heavy atom. The third-order valence-corrected chi connectivity index (χ3v) is 4.25. The quantitative estimate of drug-likeness (QED) is 0.920. The molecule has 0 aliphatic carbocycles. The summed E-state index contributed by atoms with van der Waals surface area (Å²) in [4.78, 5) is 8.82. The van der Waals surface area contributed by atoms with Gasteiger partial charge in [-0.3, -0.25) is 0 Å². The van der Waals surface area contributed by atoms with Crippen molar-refractivity contribution in [1.82, 2.24) is 15.3 Å². The summed E-state index contributed by atoms with van der Waals surface area (Å²) in [5.74, 6) is 0.851. The highest BCUT2D eigenvalue weighted by atomic mass is 16.5. The molecule has 0 saturated carbocycles. The Morgan fingerprint density at radius 3 is 3.00 bits per heavy atom. The molecule has 0 bridgehead atoms. The molecule has 116 valence electrons. The number of ether oxygens (including phenoxy) is 1. The van der Waals surface area contributed by atoms with Crippen LogP contribution in [0, 0.1) is 0 Å². The van der Waals surface area contributed by atoms with E-state index in [0.717, 1.165) is 42.1 Å². The second kappa shape index (κ2) is 7.36. The summed E-state index contributed by atoms with van der Waals surface area (Å²) in [6, 6.07) is 10.7. The maximum atomic E-state index is 5.28. The molecule has 1 aliphatic heterocycles. The van der Waals surface area contributed by atoms with E-state index in [0.29, 0.717) is 6.04 Å². The Morgan fingerprint density at radius 2 is 2.18 bits per heavy atom. The molecular formula is C18H23N3O. The molecule has 1 aliphatic rings. The van der Waals surface area contributed by atoms with Gasteiger partial charge in [-0.15, -0.1) is 0 Å². The number of hydrogen-bond donors (Lipinski definition) is 1. The SMILES string of the molecule is COc1cccc(-c2cc(CCC3CCCCN3)ncn2)c1. The van der Waals surface area contributed by atoms with Gasteiger partial charge in [0.25, 0.3) is 0 Å². The van der Waals surface area contributed by atoms with Crippen molar-refractivity contribution in [1.29, 1.82) is 0 Å². The Labute approximate surface area is 132 Å². The predicted molar refractivity (Wildman–Crippen MR) is 88.0 cm³/mol. The number of nitrogens with zero attached hydrogens (tertiary/aromatic N) is 2. The molecule has 22 heavy (non-hydrogen) atoms. The van der Waals surface area contributed by atoms with Crippen molar-refractivity contribution in [3.63, 3.8) is 0 Å².